The highest BCUT2D eigenvalue weighted by atomic mass is 15.3. The first kappa shape index (κ1) is 7.03. The molecular weight excluding hydrogens is 150 g/mol. The van der Waals surface area contributed by atoms with Gasteiger partial charge in [-0.05, 0) is 18.2 Å². The van der Waals surface area contributed by atoms with Gasteiger partial charge in [0.05, 0.1) is 11.9 Å². The maximum atomic E-state index is 4.19. The molecule has 0 amide bonds. The minimum Gasteiger partial charge on any atom is -0.261 e. The summed E-state index contributed by atoms with van der Waals surface area (Å²) in [6.45, 7) is 0. The Labute approximate surface area is 70.8 Å². The maximum absolute atomic E-state index is 4.19. The number of rotatable bonds is 2. The monoisotopic (exact) mass is 158 g/mol. The van der Waals surface area contributed by atoms with Crippen LogP contribution in [-0.4, -0.2) is 11.2 Å². The molecule has 2 rings (SSSR count). The molecule has 0 N–H and O–H groups in total. The summed E-state index contributed by atoms with van der Waals surface area (Å²) >= 11 is 0. The predicted molar refractivity (Wildman–Crippen MR) is 46.7 cm³/mol. The van der Waals surface area contributed by atoms with Crippen molar-refractivity contribution in [2.45, 2.75) is 6.42 Å². The average molecular weight is 158 g/mol. The molecule has 1 aliphatic rings. The molecule has 12 heavy (non-hydrogen) atoms. The Morgan fingerprint density at radius 3 is 2.92 bits per heavy atom. The molecule has 0 aromatic carbocycles. The molecule has 1 radical (unpaired) electrons. The van der Waals surface area contributed by atoms with Crippen LogP contribution < -0.4 is 5.43 Å². The van der Waals surface area contributed by atoms with Gasteiger partial charge in [0.25, 0.3) is 0 Å². The van der Waals surface area contributed by atoms with E-state index in [2.05, 4.69) is 15.5 Å². The van der Waals surface area contributed by atoms with Crippen LogP contribution >= 0.6 is 0 Å². The molecule has 0 fully saturated rings. The quantitative estimate of drug-likeness (QED) is 0.635. The fourth-order valence-corrected chi connectivity index (χ4v) is 1.04. The lowest BCUT2D eigenvalue weighted by molar-refractivity contribution is 0.839. The van der Waals surface area contributed by atoms with Crippen LogP contribution in [0.15, 0.2) is 41.3 Å². The van der Waals surface area contributed by atoms with E-state index in [0.29, 0.717) is 0 Å². The number of nitrogens with zero attached hydrogens (tertiary/aromatic N) is 3. The lowest BCUT2D eigenvalue weighted by Crippen LogP contribution is -1.98. The van der Waals surface area contributed by atoms with Crippen LogP contribution in [0.25, 0.3) is 0 Å². The van der Waals surface area contributed by atoms with Gasteiger partial charge in [-0.3, -0.25) is 4.98 Å². The van der Waals surface area contributed by atoms with Gasteiger partial charge < -0.3 is 0 Å². The van der Waals surface area contributed by atoms with Gasteiger partial charge in [-0.2, -0.15) is 10.5 Å². The minimum atomic E-state index is 0.765. The van der Waals surface area contributed by atoms with Crippen molar-refractivity contribution < 1.29 is 0 Å². The second-order valence-electron chi connectivity index (χ2n) is 2.52. The van der Waals surface area contributed by atoms with Gasteiger partial charge in [0, 0.05) is 18.3 Å². The van der Waals surface area contributed by atoms with Gasteiger partial charge in [-0.15, -0.1) is 0 Å². The first-order chi connectivity index (χ1) is 5.95. The molecule has 3 nitrogen and oxygen atoms in total. The minimum absolute atomic E-state index is 0.765. The van der Waals surface area contributed by atoms with E-state index >= 15 is 0 Å². The van der Waals surface area contributed by atoms with E-state index in [-0.39, 0.29) is 0 Å². The van der Waals surface area contributed by atoms with Gasteiger partial charge in [0.2, 0.25) is 0 Å². The Kier molecular flexibility index (Phi) is 1.86. The molecule has 0 atom stereocenters. The summed E-state index contributed by atoms with van der Waals surface area (Å²) in [6, 6.07) is 5.85. The van der Waals surface area contributed by atoms with E-state index in [9.17, 15) is 0 Å². The summed E-state index contributed by atoms with van der Waals surface area (Å²) in [4.78, 5) is 4.19. The number of pyridine rings is 1. The van der Waals surface area contributed by atoms with Crippen LogP contribution in [0.5, 0.6) is 0 Å². The zero-order chi connectivity index (χ0) is 8.23. The third-order valence-corrected chi connectivity index (χ3v) is 1.61. The van der Waals surface area contributed by atoms with Gasteiger partial charge in [0.15, 0.2) is 0 Å². The highest BCUT2D eigenvalue weighted by Crippen LogP contribution is 2.05. The Morgan fingerprint density at radius 1 is 1.25 bits per heavy atom. The lowest BCUT2D eigenvalue weighted by atomic mass is 10.2. The zero-order valence-electron chi connectivity index (χ0n) is 6.51. The van der Waals surface area contributed by atoms with Gasteiger partial charge in [-0.25, -0.2) is 0 Å². The molecule has 3 heteroatoms. The van der Waals surface area contributed by atoms with Crippen molar-refractivity contribution in [3.63, 3.8) is 0 Å². The number of hydrogen-bond donors (Lipinski definition) is 0. The fourth-order valence-electron chi connectivity index (χ4n) is 1.04. The Balaban J connectivity index is 2.05. The molecule has 0 bridgehead atoms. The van der Waals surface area contributed by atoms with E-state index in [4.69, 9.17) is 0 Å². The highest BCUT2D eigenvalue weighted by molar-refractivity contribution is 5.74. The van der Waals surface area contributed by atoms with Crippen molar-refractivity contribution in [2.24, 2.45) is 5.10 Å². The number of allylic oxidation sites excluding steroid dienone is 2. The van der Waals surface area contributed by atoms with Crippen molar-refractivity contribution in [3.05, 3.63) is 41.9 Å². The number of aromatic nitrogens is 1. The molecular formula is C9H8N3. The summed E-state index contributed by atoms with van der Waals surface area (Å²) in [5.41, 5.74) is 5.91. The van der Waals surface area contributed by atoms with Crippen LogP contribution in [0.2, 0.25) is 0 Å². The average Bonchev–Trinajstić information content (AvgIpc) is 2.59. The largest absolute Gasteiger partial charge is 0.261 e. The normalized spacial score (nSPS) is 14.2. The number of hydrogen-bond acceptors (Lipinski definition) is 2. The second kappa shape index (κ2) is 3.17. The lowest BCUT2D eigenvalue weighted by Gasteiger charge is -1.97. The van der Waals surface area contributed by atoms with Gasteiger partial charge >= 0.3 is 0 Å². The van der Waals surface area contributed by atoms with E-state index in [1.807, 2.05) is 24.3 Å². The Hall–Kier alpha value is -1.64. The molecule has 0 saturated carbocycles. The smallest absolute Gasteiger partial charge is 0.0706 e. The Bertz CT molecular complexity index is 314. The molecule has 0 saturated heterocycles. The van der Waals surface area contributed by atoms with Crippen LogP contribution in [0, 0.1) is 0 Å². The Morgan fingerprint density at radius 2 is 2.25 bits per heavy atom. The zero-order valence-corrected chi connectivity index (χ0v) is 6.51. The predicted octanol–water partition coefficient (Wildman–Crippen LogP) is 1.11. The molecule has 0 spiro atoms. The third-order valence-electron chi connectivity index (χ3n) is 1.61. The van der Waals surface area contributed by atoms with Crippen molar-refractivity contribution in [3.8, 4) is 0 Å². The molecule has 59 valence electrons. The van der Waals surface area contributed by atoms with Crippen molar-refractivity contribution in [1.29, 1.82) is 0 Å². The van der Waals surface area contributed by atoms with Gasteiger partial charge in [0.1, 0.15) is 0 Å². The van der Waals surface area contributed by atoms with Crippen molar-refractivity contribution in [2.75, 3.05) is 0 Å². The molecule has 1 aliphatic heterocycles. The molecule has 0 unspecified atom stereocenters. The summed E-state index contributed by atoms with van der Waals surface area (Å²) < 4.78 is 0. The highest BCUT2D eigenvalue weighted by Gasteiger charge is 2.03. The first-order valence-electron chi connectivity index (χ1n) is 3.78. The van der Waals surface area contributed by atoms with E-state index < -0.39 is 0 Å². The fraction of sp³-hybridized carbons (Fsp3) is 0.111. The van der Waals surface area contributed by atoms with Crippen LogP contribution in [0.4, 0.5) is 0 Å². The van der Waals surface area contributed by atoms with Gasteiger partial charge in [-0.1, -0.05) is 6.07 Å². The summed E-state index contributed by atoms with van der Waals surface area (Å²) in [5.74, 6) is 0. The van der Waals surface area contributed by atoms with E-state index in [0.717, 1.165) is 17.8 Å². The van der Waals surface area contributed by atoms with Crippen LogP contribution in [0.3, 0.4) is 0 Å². The van der Waals surface area contributed by atoms with Crippen LogP contribution in [0.1, 0.15) is 5.69 Å². The first-order valence-corrected chi connectivity index (χ1v) is 3.78. The summed E-state index contributed by atoms with van der Waals surface area (Å²) in [7, 11) is 0. The second-order valence-corrected chi connectivity index (χ2v) is 2.52. The van der Waals surface area contributed by atoms with Crippen LogP contribution in [-0.2, 0) is 6.42 Å². The standard InChI is InChI=1S/C9H8N3/c1-2-5-10-8(3-1)7-9-4-6-11-12-9/h1-6H,7H2. The molecule has 2 heterocycles. The maximum Gasteiger partial charge on any atom is 0.0706 e. The summed E-state index contributed by atoms with van der Waals surface area (Å²) in [6.07, 6.45) is 6.14. The molecule has 1 aromatic heterocycles. The van der Waals surface area contributed by atoms with E-state index in [1.54, 1.807) is 12.4 Å². The van der Waals surface area contributed by atoms with Crippen molar-refractivity contribution >= 4 is 6.21 Å². The topological polar surface area (TPSA) is 39.4 Å². The van der Waals surface area contributed by atoms with Crippen molar-refractivity contribution in [1.82, 2.24) is 10.4 Å². The SMILES string of the molecule is C1=N[N]C(Cc2ccccn2)=C1. The third kappa shape index (κ3) is 1.50. The summed E-state index contributed by atoms with van der Waals surface area (Å²) in [5, 5.41) is 3.74. The molecule has 1 aromatic rings. The van der Waals surface area contributed by atoms with E-state index in [1.165, 1.54) is 0 Å². The molecule has 0 aliphatic carbocycles.